The molecule has 2 aromatic carbocycles. The van der Waals surface area contributed by atoms with Crippen LogP contribution in [0.4, 0.5) is 0 Å². The van der Waals surface area contributed by atoms with Crippen LogP contribution in [-0.4, -0.2) is 32.4 Å². The van der Waals surface area contributed by atoms with Crippen LogP contribution < -0.4 is 19.5 Å². The Labute approximate surface area is 163 Å². The van der Waals surface area contributed by atoms with E-state index in [4.69, 9.17) is 18.7 Å². The van der Waals surface area contributed by atoms with E-state index in [9.17, 15) is 4.79 Å². The number of ether oxygens (including phenoxy) is 3. The van der Waals surface area contributed by atoms with Gasteiger partial charge < -0.3 is 24.1 Å². The SMILES string of the molecule is COc1cc(CNC(=O)c2c(-c3ccccc3)noc2C)cc(OC)c1OC. The lowest BCUT2D eigenvalue weighted by molar-refractivity contribution is 0.0950. The molecule has 3 rings (SSSR count). The fraction of sp³-hybridized carbons (Fsp3) is 0.238. The second-order valence-corrected chi connectivity index (χ2v) is 6.04. The predicted octanol–water partition coefficient (Wildman–Crippen LogP) is 3.61. The van der Waals surface area contributed by atoms with Gasteiger partial charge in [0.1, 0.15) is 17.0 Å². The summed E-state index contributed by atoms with van der Waals surface area (Å²) >= 11 is 0. The Morgan fingerprint density at radius 1 is 1.04 bits per heavy atom. The van der Waals surface area contributed by atoms with Crippen molar-refractivity contribution in [1.29, 1.82) is 0 Å². The van der Waals surface area contributed by atoms with Crippen LogP contribution in [0.15, 0.2) is 47.0 Å². The van der Waals surface area contributed by atoms with Crippen molar-refractivity contribution < 1.29 is 23.5 Å². The van der Waals surface area contributed by atoms with Gasteiger partial charge in [0.15, 0.2) is 11.5 Å². The number of benzene rings is 2. The van der Waals surface area contributed by atoms with Gasteiger partial charge in [0, 0.05) is 12.1 Å². The van der Waals surface area contributed by atoms with Gasteiger partial charge in [0.2, 0.25) is 5.75 Å². The number of methoxy groups -OCH3 is 3. The highest BCUT2D eigenvalue weighted by molar-refractivity contribution is 6.00. The zero-order valence-corrected chi connectivity index (χ0v) is 16.2. The molecule has 0 bridgehead atoms. The summed E-state index contributed by atoms with van der Waals surface area (Å²) in [5.74, 6) is 1.74. The topological polar surface area (TPSA) is 82.8 Å². The molecule has 7 nitrogen and oxygen atoms in total. The number of carbonyl (C=O) groups excluding carboxylic acids is 1. The molecule has 0 atom stereocenters. The van der Waals surface area contributed by atoms with Crippen LogP contribution in [0.3, 0.4) is 0 Å². The Morgan fingerprint density at radius 2 is 1.68 bits per heavy atom. The molecule has 0 spiro atoms. The third-order valence-electron chi connectivity index (χ3n) is 4.31. The molecule has 0 saturated carbocycles. The van der Waals surface area contributed by atoms with Crippen molar-refractivity contribution in [3.63, 3.8) is 0 Å². The molecular formula is C21H22N2O5. The first-order valence-corrected chi connectivity index (χ1v) is 8.67. The van der Waals surface area contributed by atoms with E-state index in [1.165, 1.54) is 0 Å². The van der Waals surface area contributed by atoms with E-state index < -0.39 is 0 Å². The summed E-state index contributed by atoms with van der Waals surface area (Å²) in [7, 11) is 4.64. The highest BCUT2D eigenvalue weighted by Crippen LogP contribution is 2.38. The van der Waals surface area contributed by atoms with Gasteiger partial charge in [-0.2, -0.15) is 0 Å². The van der Waals surface area contributed by atoms with Crippen molar-refractivity contribution >= 4 is 5.91 Å². The highest BCUT2D eigenvalue weighted by atomic mass is 16.5. The van der Waals surface area contributed by atoms with E-state index in [-0.39, 0.29) is 12.5 Å². The van der Waals surface area contributed by atoms with Crippen LogP contribution >= 0.6 is 0 Å². The van der Waals surface area contributed by atoms with Gasteiger partial charge in [-0.3, -0.25) is 4.79 Å². The maximum Gasteiger partial charge on any atom is 0.257 e. The van der Waals surface area contributed by atoms with Crippen LogP contribution in [0.25, 0.3) is 11.3 Å². The van der Waals surface area contributed by atoms with E-state index in [0.717, 1.165) is 11.1 Å². The van der Waals surface area contributed by atoms with Gasteiger partial charge in [-0.15, -0.1) is 0 Å². The first-order valence-electron chi connectivity index (χ1n) is 8.67. The zero-order chi connectivity index (χ0) is 20.1. The van der Waals surface area contributed by atoms with Crippen LogP contribution in [0.5, 0.6) is 17.2 Å². The Hall–Kier alpha value is -3.48. The summed E-state index contributed by atoms with van der Waals surface area (Å²) in [5.41, 5.74) is 2.55. The molecule has 0 aliphatic heterocycles. The summed E-state index contributed by atoms with van der Waals surface area (Å²) < 4.78 is 21.3. The summed E-state index contributed by atoms with van der Waals surface area (Å²) in [6, 6.07) is 13.0. The molecular weight excluding hydrogens is 360 g/mol. The fourth-order valence-electron chi connectivity index (χ4n) is 2.94. The second kappa shape index (κ2) is 8.47. The molecule has 0 radical (unpaired) electrons. The molecule has 1 N–H and O–H groups in total. The fourth-order valence-corrected chi connectivity index (χ4v) is 2.94. The average molecular weight is 382 g/mol. The Bertz CT molecular complexity index is 941. The number of hydrogen-bond donors (Lipinski definition) is 1. The number of aryl methyl sites for hydroxylation is 1. The molecule has 28 heavy (non-hydrogen) atoms. The molecule has 146 valence electrons. The molecule has 0 fully saturated rings. The minimum atomic E-state index is -0.272. The zero-order valence-electron chi connectivity index (χ0n) is 16.2. The van der Waals surface area contributed by atoms with Crippen LogP contribution in [0.1, 0.15) is 21.7 Å². The number of carbonyl (C=O) groups is 1. The molecule has 1 aromatic heterocycles. The molecule has 3 aromatic rings. The van der Waals surface area contributed by atoms with Gasteiger partial charge in [0.05, 0.1) is 21.3 Å². The smallest absolute Gasteiger partial charge is 0.257 e. The molecule has 0 aliphatic carbocycles. The third kappa shape index (κ3) is 3.78. The van der Waals surface area contributed by atoms with E-state index in [2.05, 4.69) is 10.5 Å². The lowest BCUT2D eigenvalue weighted by atomic mass is 10.1. The molecule has 1 amide bonds. The lowest BCUT2D eigenvalue weighted by Gasteiger charge is -2.14. The number of rotatable bonds is 7. The Morgan fingerprint density at radius 3 is 2.25 bits per heavy atom. The van der Waals surface area contributed by atoms with E-state index in [1.54, 1.807) is 40.4 Å². The largest absolute Gasteiger partial charge is 0.493 e. The van der Waals surface area contributed by atoms with E-state index in [1.807, 2.05) is 30.3 Å². The third-order valence-corrected chi connectivity index (χ3v) is 4.31. The molecule has 0 aliphatic rings. The number of hydrogen-bond acceptors (Lipinski definition) is 6. The van der Waals surface area contributed by atoms with Gasteiger partial charge in [0.25, 0.3) is 5.91 Å². The first kappa shape index (κ1) is 19.3. The van der Waals surface area contributed by atoms with Crippen LogP contribution in [-0.2, 0) is 6.54 Å². The Kier molecular flexibility index (Phi) is 5.84. The maximum atomic E-state index is 12.8. The van der Waals surface area contributed by atoms with Gasteiger partial charge >= 0.3 is 0 Å². The van der Waals surface area contributed by atoms with Gasteiger partial charge in [-0.25, -0.2) is 0 Å². The van der Waals surface area contributed by atoms with Gasteiger partial charge in [-0.1, -0.05) is 35.5 Å². The minimum Gasteiger partial charge on any atom is -0.493 e. The minimum absolute atomic E-state index is 0.272. The predicted molar refractivity (Wildman–Crippen MR) is 104 cm³/mol. The summed E-state index contributed by atoms with van der Waals surface area (Å²) in [6.07, 6.45) is 0. The molecule has 0 saturated heterocycles. The maximum absolute atomic E-state index is 12.8. The first-order chi connectivity index (χ1) is 13.6. The van der Waals surface area contributed by atoms with E-state index >= 15 is 0 Å². The molecule has 0 unspecified atom stereocenters. The number of nitrogens with one attached hydrogen (secondary N) is 1. The molecule has 1 heterocycles. The average Bonchev–Trinajstić information content (AvgIpc) is 3.13. The number of amides is 1. The second-order valence-electron chi connectivity index (χ2n) is 6.04. The Balaban J connectivity index is 1.83. The normalized spacial score (nSPS) is 10.4. The summed E-state index contributed by atoms with van der Waals surface area (Å²) in [4.78, 5) is 12.8. The van der Waals surface area contributed by atoms with Crippen LogP contribution in [0.2, 0.25) is 0 Å². The van der Waals surface area contributed by atoms with Crippen LogP contribution in [0, 0.1) is 6.92 Å². The van der Waals surface area contributed by atoms with Crippen molar-refractivity contribution in [1.82, 2.24) is 10.5 Å². The van der Waals surface area contributed by atoms with E-state index in [0.29, 0.717) is 34.3 Å². The van der Waals surface area contributed by atoms with Crippen molar-refractivity contribution in [2.75, 3.05) is 21.3 Å². The summed E-state index contributed by atoms with van der Waals surface area (Å²) in [6.45, 7) is 1.99. The highest BCUT2D eigenvalue weighted by Gasteiger charge is 2.21. The molecule has 7 heteroatoms. The number of aromatic nitrogens is 1. The van der Waals surface area contributed by atoms with Crippen molar-refractivity contribution in [2.45, 2.75) is 13.5 Å². The summed E-state index contributed by atoms with van der Waals surface area (Å²) in [5, 5.41) is 6.95. The van der Waals surface area contributed by atoms with Crippen molar-refractivity contribution in [2.24, 2.45) is 0 Å². The monoisotopic (exact) mass is 382 g/mol. The standard InChI is InChI=1S/C21H22N2O5/c1-13-18(19(23-28-13)15-8-6-5-7-9-15)21(24)22-12-14-10-16(25-2)20(27-4)17(11-14)26-3/h5-11H,12H2,1-4H3,(H,22,24). The lowest BCUT2D eigenvalue weighted by Crippen LogP contribution is -2.23. The number of nitrogens with zero attached hydrogens (tertiary/aromatic N) is 1. The quantitative estimate of drug-likeness (QED) is 0.672. The van der Waals surface area contributed by atoms with Gasteiger partial charge in [-0.05, 0) is 24.6 Å². The van der Waals surface area contributed by atoms with Crippen molar-refractivity contribution in [3.05, 3.63) is 59.4 Å². The van der Waals surface area contributed by atoms with Crippen molar-refractivity contribution in [3.8, 4) is 28.5 Å².